The maximum atomic E-state index is 13.8. The van der Waals surface area contributed by atoms with Gasteiger partial charge in [-0.1, -0.05) is 13.8 Å². The number of hydrogen-bond donors (Lipinski definition) is 0. The third-order valence-corrected chi connectivity index (χ3v) is 6.59. The van der Waals surface area contributed by atoms with E-state index in [1.807, 2.05) is 22.6 Å². The number of nitrogens with zero attached hydrogens (tertiary/aromatic N) is 5. The molecule has 0 aliphatic carbocycles. The van der Waals surface area contributed by atoms with Gasteiger partial charge in [-0.2, -0.15) is 5.10 Å². The second-order valence-corrected chi connectivity index (χ2v) is 10.6. The van der Waals surface area contributed by atoms with E-state index in [1.54, 1.807) is 13.2 Å². The lowest BCUT2D eigenvalue weighted by Gasteiger charge is -2.35. The maximum absolute atomic E-state index is 13.8. The predicted molar refractivity (Wildman–Crippen MR) is 135 cm³/mol. The van der Waals surface area contributed by atoms with Crippen LogP contribution in [0.1, 0.15) is 67.8 Å². The summed E-state index contributed by atoms with van der Waals surface area (Å²) in [7, 11) is 1.60. The third kappa shape index (κ3) is 5.03. The SMILES string of the molecule is COc1ccc(F)cc1CN1CCN(C(=O)c2cc(C(C)C)nc3c2c(C)nn3C(C)(C)C)CC1. The van der Waals surface area contributed by atoms with E-state index in [4.69, 9.17) is 14.8 Å². The van der Waals surface area contributed by atoms with Gasteiger partial charge in [0, 0.05) is 44.0 Å². The fraction of sp³-hybridized carbons (Fsp3) is 0.519. The van der Waals surface area contributed by atoms with E-state index in [0.717, 1.165) is 28.0 Å². The van der Waals surface area contributed by atoms with Crippen LogP contribution in [0.2, 0.25) is 0 Å². The first-order chi connectivity index (χ1) is 16.5. The van der Waals surface area contributed by atoms with Crippen LogP contribution in [0.25, 0.3) is 11.0 Å². The number of piperazine rings is 1. The molecule has 35 heavy (non-hydrogen) atoms. The van der Waals surface area contributed by atoms with Gasteiger partial charge in [-0.05, 0) is 57.9 Å². The number of amides is 1. The molecule has 3 heterocycles. The standard InChI is InChI=1S/C27H36FN5O2/c1-17(2)22-15-21(24-18(3)30-33(25(24)29-22)27(4,5)6)26(34)32-12-10-31(11-13-32)16-19-14-20(28)8-9-23(19)35-7/h8-9,14-15,17H,10-13,16H2,1-7H3. The van der Waals surface area contributed by atoms with Crippen LogP contribution in [-0.4, -0.2) is 63.8 Å². The van der Waals surface area contributed by atoms with Crippen molar-refractivity contribution >= 4 is 16.9 Å². The fourth-order valence-electron chi connectivity index (χ4n) is 4.63. The third-order valence-electron chi connectivity index (χ3n) is 6.59. The Kier molecular flexibility index (Phi) is 6.86. The zero-order valence-electron chi connectivity index (χ0n) is 21.9. The molecule has 1 aliphatic rings. The van der Waals surface area contributed by atoms with Gasteiger partial charge in [-0.25, -0.2) is 14.1 Å². The molecule has 1 aliphatic heterocycles. The minimum absolute atomic E-state index is 0.0128. The Morgan fingerprint density at radius 2 is 1.83 bits per heavy atom. The molecule has 4 rings (SSSR count). The van der Waals surface area contributed by atoms with Crippen LogP contribution >= 0.6 is 0 Å². The van der Waals surface area contributed by atoms with Gasteiger partial charge in [-0.3, -0.25) is 9.69 Å². The first kappa shape index (κ1) is 25.1. The zero-order chi connectivity index (χ0) is 25.5. The summed E-state index contributed by atoms with van der Waals surface area (Å²) in [5.74, 6) is 0.603. The predicted octanol–water partition coefficient (Wildman–Crippen LogP) is 4.72. The van der Waals surface area contributed by atoms with Crippen LogP contribution in [0.15, 0.2) is 24.3 Å². The summed E-state index contributed by atoms with van der Waals surface area (Å²) >= 11 is 0. The Hall–Kier alpha value is -3.00. The Morgan fingerprint density at radius 3 is 2.43 bits per heavy atom. The van der Waals surface area contributed by atoms with Gasteiger partial charge in [-0.15, -0.1) is 0 Å². The van der Waals surface area contributed by atoms with Crippen molar-refractivity contribution in [3.05, 3.63) is 52.6 Å². The average Bonchev–Trinajstić information content (AvgIpc) is 3.16. The Bertz CT molecular complexity index is 1240. The van der Waals surface area contributed by atoms with E-state index in [0.29, 0.717) is 44.0 Å². The van der Waals surface area contributed by atoms with Crippen LogP contribution in [0.4, 0.5) is 4.39 Å². The maximum Gasteiger partial charge on any atom is 0.254 e. The van der Waals surface area contributed by atoms with Crippen molar-refractivity contribution in [3.8, 4) is 5.75 Å². The number of ether oxygens (including phenoxy) is 1. The van der Waals surface area contributed by atoms with Crippen LogP contribution in [-0.2, 0) is 12.1 Å². The van der Waals surface area contributed by atoms with Crippen molar-refractivity contribution in [2.24, 2.45) is 0 Å². The number of pyridine rings is 1. The lowest BCUT2D eigenvalue weighted by Crippen LogP contribution is -2.48. The first-order valence-electron chi connectivity index (χ1n) is 12.2. The molecule has 0 radical (unpaired) electrons. The Morgan fingerprint density at radius 1 is 1.14 bits per heavy atom. The van der Waals surface area contributed by atoms with Gasteiger partial charge in [0.2, 0.25) is 0 Å². The zero-order valence-corrected chi connectivity index (χ0v) is 21.9. The Balaban J connectivity index is 1.59. The molecular formula is C27H36FN5O2. The van der Waals surface area contributed by atoms with Crippen molar-refractivity contribution in [1.82, 2.24) is 24.6 Å². The van der Waals surface area contributed by atoms with Crippen LogP contribution in [0.3, 0.4) is 0 Å². The fourth-order valence-corrected chi connectivity index (χ4v) is 4.63. The van der Waals surface area contributed by atoms with Gasteiger partial charge in [0.15, 0.2) is 5.65 Å². The molecule has 0 unspecified atom stereocenters. The van der Waals surface area contributed by atoms with Crippen molar-refractivity contribution in [2.75, 3.05) is 33.3 Å². The van der Waals surface area contributed by atoms with Gasteiger partial charge in [0.1, 0.15) is 11.6 Å². The highest BCUT2D eigenvalue weighted by molar-refractivity contribution is 6.06. The minimum atomic E-state index is -0.275. The van der Waals surface area contributed by atoms with Gasteiger partial charge in [0.25, 0.3) is 5.91 Å². The number of fused-ring (bicyclic) bond motifs is 1. The summed E-state index contributed by atoms with van der Waals surface area (Å²) in [5, 5.41) is 5.60. The van der Waals surface area contributed by atoms with Gasteiger partial charge < -0.3 is 9.64 Å². The van der Waals surface area contributed by atoms with Crippen LogP contribution < -0.4 is 4.74 Å². The first-order valence-corrected chi connectivity index (χ1v) is 12.2. The summed E-state index contributed by atoms with van der Waals surface area (Å²) in [6.45, 7) is 15.6. The molecule has 0 spiro atoms. The number of rotatable bonds is 5. The number of methoxy groups -OCH3 is 1. The van der Waals surface area contributed by atoms with Gasteiger partial charge >= 0.3 is 0 Å². The van der Waals surface area contributed by atoms with Crippen molar-refractivity contribution in [1.29, 1.82) is 0 Å². The van der Waals surface area contributed by atoms with Crippen molar-refractivity contribution in [3.63, 3.8) is 0 Å². The molecule has 0 saturated carbocycles. The van der Waals surface area contributed by atoms with E-state index >= 15 is 0 Å². The molecule has 3 aromatic rings. The molecule has 0 N–H and O–H groups in total. The van der Waals surface area contributed by atoms with E-state index in [2.05, 4.69) is 39.5 Å². The topological polar surface area (TPSA) is 63.5 Å². The number of aromatic nitrogens is 3. The lowest BCUT2D eigenvalue weighted by atomic mass is 10.0. The monoisotopic (exact) mass is 481 g/mol. The molecule has 8 heteroatoms. The summed E-state index contributed by atoms with van der Waals surface area (Å²) in [5.41, 5.74) is 3.71. The molecule has 1 saturated heterocycles. The highest BCUT2D eigenvalue weighted by atomic mass is 19.1. The van der Waals surface area contributed by atoms with E-state index in [-0.39, 0.29) is 23.2 Å². The lowest BCUT2D eigenvalue weighted by molar-refractivity contribution is 0.0629. The van der Waals surface area contributed by atoms with Crippen molar-refractivity contribution < 1.29 is 13.9 Å². The van der Waals surface area contributed by atoms with Crippen molar-refractivity contribution in [2.45, 2.75) is 59.5 Å². The number of hydrogen-bond acceptors (Lipinski definition) is 5. The summed E-state index contributed by atoms with van der Waals surface area (Å²) in [6.07, 6.45) is 0. The quantitative estimate of drug-likeness (QED) is 0.528. The van der Waals surface area contributed by atoms with E-state index in [1.165, 1.54) is 12.1 Å². The number of carbonyl (C=O) groups is 1. The molecule has 1 fully saturated rings. The number of carbonyl (C=O) groups excluding carboxylic acids is 1. The smallest absolute Gasteiger partial charge is 0.254 e. The molecule has 188 valence electrons. The summed E-state index contributed by atoms with van der Waals surface area (Å²) < 4.78 is 21.1. The van der Waals surface area contributed by atoms with E-state index < -0.39 is 0 Å². The van der Waals surface area contributed by atoms with Crippen LogP contribution in [0, 0.1) is 12.7 Å². The van der Waals surface area contributed by atoms with Crippen LogP contribution in [0.5, 0.6) is 5.75 Å². The molecule has 0 bridgehead atoms. The second-order valence-electron chi connectivity index (χ2n) is 10.6. The average molecular weight is 482 g/mol. The molecule has 0 atom stereocenters. The summed E-state index contributed by atoms with van der Waals surface area (Å²) in [6, 6.07) is 6.53. The molecule has 1 aromatic carbocycles. The largest absolute Gasteiger partial charge is 0.496 e. The highest BCUT2D eigenvalue weighted by Gasteiger charge is 2.29. The molecule has 2 aromatic heterocycles. The molecular weight excluding hydrogens is 445 g/mol. The Labute approximate surface area is 206 Å². The number of halogens is 1. The summed E-state index contributed by atoms with van der Waals surface area (Å²) in [4.78, 5) is 22.8. The number of benzene rings is 1. The number of aryl methyl sites for hydroxylation is 1. The van der Waals surface area contributed by atoms with Gasteiger partial charge in [0.05, 0.1) is 29.3 Å². The highest BCUT2D eigenvalue weighted by Crippen LogP contribution is 2.30. The minimum Gasteiger partial charge on any atom is -0.496 e. The normalized spacial score (nSPS) is 15.3. The second kappa shape index (κ2) is 9.57. The molecule has 1 amide bonds. The molecule has 7 nitrogen and oxygen atoms in total. The van der Waals surface area contributed by atoms with E-state index in [9.17, 15) is 9.18 Å².